The Kier molecular flexibility index (Phi) is 1.85. The molecule has 0 spiro atoms. The summed E-state index contributed by atoms with van der Waals surface area (Å²) >= 11 is 0. The molecule has 0 unspecified atom stereocenters. The molecular formula is C9H14N2. The zero-order chi connectivity index (χ0) is 8.48. The summed E-state index contributed by atoms with van der Waals surface area (Å²) in [5.74, 6) is 0. The first-order valence-corrected chi connectivity index (χ1v) is 3.71. The molecule has 0 aliphatic carbocycles. The van der Waals surface area contributed by atoms with Gasteiger partial charge >= 0.3 is 0 Å². The average Bonchev–Trinajstić information content (AvgIpc) is 2.32. The topological polar surface area (TPSA) is 17.8 Å². The van der Waals surface area contributed by atoms with E-state index in [4.69, 9.17) is 0 Å². The van der Waals surface area contributed by atoms with Crippen molar-refractivity contribution in [2.24, 2.45) is 0 Å². The van der Waals surface area contributed by atoms with E-state index in [1.165, 1.54) is 5.56 Å². The molecule has 1 heterocycles. The Morgan fingerprint density at radius 1 is 1.55 bits per heavy atom. The van der Waals surface area contributed by atoms with Crippen molar-refractivity contribution in [3.63, 3.8) is 0 Å². The van der Waals surface area contributed by atoms with Crippen LogP contribution in [-0.2, 0) is 5.41 Å². The second kappa shape index (κ2) is 2.53. The fourth-order valence-electron chi connectivity index (χ4n) is 0.825. The van der Waals surface area contributed by atoms with Crippen LogP contribution in [0.3, 0.4) is 0 Å². The molecule has 0 atom stereocenters. The highest BCUT2D eigenvalue weighted by molar-refractivity contribution is 5.22. The molecule has 1 rings (SSSR count). The van der Waals surface area contributed by atoms with E-state index >= 15 is 0 Å². The molecule has 0 aliphatic heterocycles. The zero-order valence-corrected chi connectivity index (χ0v) is 7.33. The van der Waals surface area contributed by atoms with Crippen molar-refractivity contribution >= 4 is 6.20 Å². The number of hydrogen-bond acceptors (Lipinski definition) is 1. The van der Waals surface area contributed by atoms with Crippen LogP contribution in [0.15, 0.2) is 19.0 Å². The summed E-state index contributed by atoms with van der Waals surface area (Å²) in [7, 11) is 0. The second-order valence-electron chi connectivity index (χ2n) is 3.64. The van der Waals surface area contributed by atoms with Crippen LogP contribution < -0.4 is 0 Å². The van der Waals surface area contributed by atoms with Gasteiger partial charge in [0, 0.05) is 12.4 Å². The highest BCUT2D eigenvalue weighted by atomic mass is 15.2. The molecule has 0 N–H and O–H groups in total. The van der Waals surface area contributed by atoms with Gasteiger partial charge in [-0.05, 0) is 11.0 Å². The molecule has 0 radical (unpaired) electrons. The van der Waals surface area contributed by atoms with Crippen LogP contribution in [0.5, 0.6) is 0 Å². The van der Waals surface area contributed by atoms with E-state index in [9.17, 15) is 0 Å². The highest BCUT2D eigenvalue weighted by Crippen LogP contribution is 2.20. The quantitative estimate of drug-likeness (QED) is 0.600. The SMILES string of the molecule is C=Cn1cc(C(C)(C)C)cn1. The molecule has 2 heteroatoms. The van der Waals surface area contributed by atoms with Crippen molar-refractivity contribution in [1.29, 1.82) is 0 Å². The lowest BCUT2D eigenvalue weighted by atomic mass is 9.90. The molecule has 0 aliphatic rings. The van der Waals surface area contributed by atoms with Crippen molar-refractivity contribution in [3.05, 3.63) is 24.5 Å². The van der Waals surface area contributed by atoms with E-state index in [-0.39, 0.29) is 5.41 Å². The Labute approximate surface area is 67.5 Å². The van der Waals surface area contributed by atoms with Crippen LogP contribution in [0.1, 0.15) is 26.3 Å². The Morgan fingerprint density at radius 2 is 2.18 bits per heavy atom. The lowest BCUT2D eigenvalue weighted by Crippen LogP contribution is -2.09. The fraction of sp³-hybridized carbons (Fsp3) is 0.444. The minimum Gasteiger partial charge on any atom is -0.249 e. The van der Waals surface area contributed by atoms with Crippen molar-refractivity contribution in [1.82, 2.24) is 9.78 Å². The van der Waals surface area contributed by atoms with Crippen LogP contribution in [0, 0.1) is 0 Å². The highest BCUT2D eigenvalue weighted by Gasteiger charge is 2.14. The maximum atomic E-state index is 4.10. The van der Waals surface area contributed by atoms with Crippen LogP contribution in [0.4, 0.5) is 0 Å². The minimum atomic E-state index is 0.182. The fourth-order valence-corrected chi connectivity index (χ4v) is 0.825. The van der Waals surface area contributed by atoms with E-state index in [2.05, 4.69) is 32.4 Å². The van der Waals surface area contributed by atoms with Gasteiger partial charge in [-0.2, -0.15) is 5.10 Å². The van der Waals surface area contributed by atoms with E-state index in [1.54, 1.807) is 10.9 Å². The molecule has 0 saturated carbocycles. The maximum Gasteiger partial charge on any atom is 0.0531 e. The third-order valence-electron chi connectivity index (χ3n) is 1.65. The Balaban J connectivity index is 2.98. The summed E-state index contributed by atoms with van der Waals surface area (Å²) in [5.41, 5.74) is 1.42. The van der Waals surface area contributed by atoms with E-state index in [0.717, 1.165) is 0 Å². The predicted molar refractivity (Wildman–Crippen MR) is 47.3 cm³/mol. The molecule has 2 nitrogen and oxygen atoms in total. The van der Waals surface area contributed by atoms with Gasteiger partial charge in [-0.15, -0.1) is 0 Å². The first-order chi connectivity index (χ1) is 5.04. The average molecular weight is 150 g/mol. The van der Waals surface area contributed by atoms with Gasteiger partial charge in [-0.1, -0.05) is 27.4 Å². The van der Waals surface area contributed by atoms with E-state index in [1.807, 2.05) is 12.4 Å². The van der Waals surface area contributed by atoms with Crippen molar-refractivity contribution in [2.75, 3.05) is 0 Å². The molecule has 1 aromatic rings. The number of aromatic nitrogens is 2. The monoisotopic (exact) mass is 150 g/mol. The molecule has 11 heavy (non-hydrogen) atoms. The van der Waals surface area contributed by atoms with Crippen molar-refractivity contribution in [3.8, 4) is 0 Å². The van der Waals surface area contributed by atoms with Gasteiger partial charge in [0.05, 0.1) is 6.20 Å². The third-order valence-corrected chi connectivity index (χ3v) is 1.65. The van der Waals surface area contributed by atoms with Crippen LogP contribution in [0.2, 0.25) is 0 Å². The lowest BCUT2D eigenvalue weighted by Gasteiger charge is -2.14. The van der Waals surface area contributed by atoms with Crippen molar-refractivity contribution < 1.29 is 0 Å². The Bertz CT molecular complexity index is 253. The standard InChI is InChI=1S/C9H14N2/c1-5-11-7-8(6-10-11)9(2,3)4/h5-7H,1H2,2-4H3. The molecule has 0 aromatic carbocycles. The zero-order valence-electron chi connectivity index (χ0n) is 7.33. The third kappa shape index (κ3) is 1.70. The number of rotatable bonds is 1. The van der Waals surface area contributed by atoms with Crippen molar-refractivity contribution in [2.45, 2.75) is 26.2 Å². The Morgan fingerprint density at radius 3 is 2.45 bits per heavy atom. The Hall–Kier alpha value is -1.05. The number of nitrogens with zero attached hydrogens (tertiary/aromatic N) is 2. The maximum absolute atomic E-state index is 4.10. The predicted octanol–water partition coefficient (Wildman–Crippen LogP) is 2.28. The summed E-state index contributed by atoms with van der Waals surface area (Å²) in [6, 6.07) is 0. The molecule has 0 saturated heterocycles. The van der Waals surface area contributed by atoms with Gasteiger partial charge in [-0.25, -0.2) is 4.68 Å². The largest absolute Gasteiger partial charge is 0.249 e. The van der Waals surface area contributed by atoms with Gasteiger partial charge in [0.1, 0.15) is 0 Å². The summed E-state index contributed by atoms with van der Waals surface area (Å²) in [4.78, 5) is 0. The summed E-state index contributed by atoms with van der Waals surface area (Å²) < 4.78 is 1.72. The van der Waals surface area contributed by atoms with Gasteiger partial charge in [0.25, 0.3) is 0 Å². The number of hydrogen-bond donors (Lipinski definition) is 0. The van der Waals surface area contributed by atoms with Gasteiger partial charge < -0.3 is 0 Å². The molecular weight excluding hydrogens is 136 g/mol. The van der Waals surface area contributed by atoms with Crippen LogP contribution in [0.25, 0.3) is 6.20 Å². The van der Waals surface area contributed by atoms with E-state index in [0.29, 0.717) is 0 Å². The molecule has 0 fully saturated rings. The van der Waals surface area contributed by atoms with E-state index < -0.39 is 0 Å². The normalized spacial score (nSPS) is 11.5. The first kappa shape index (κ1) is 8.05. The molecule has 0 bridgehead atoms. The molecule has 1 aromatic heterocycles. The van der Waals surface area contributed by atoms with Crippen LogP contribution >= 0.6 is 0 Å². The summed E-state index contributed by atoms with van der Waals surface area (Å²) in [5, 5.41) is 4.10. The summed E-state index contributed by atoms with van der Waals surface area (Å²) in [6.07, 6.45) is 5.56. The van der Waals surface area contributed by atoms with Gasteiger partial charge in [-0.3, -0.25) is 0 Å². The van der Waals surface area contributed by atoms with Crippen LogP contribution in [-0.4, -0.2) is 9.78 Å². The van der Waals surface area contributed by atoms with Gasteiger partial charge in [0.2, 0.25) is 0 Å². The minimum absolute atomic E-state index is 0.182. The molecule has 60 valence electrons. The summed E-state index contributed by atoms with van der Waals surface area (Å²) in [6.45, 7) is 10.1. The lowest BCUT2D eigenvalue weighted by molar-refractivity contribution is 0.590. The first-order valence-electron chi connectivity index (χ1n) is 3.71. The van der Waals surface area contributed by atoms with Gasteiger partial charge in [0.15, 0.2) is 0 Å². The smallest absolute Gasteiger partial charge is 0.0531 e. The molecule has 0 amide bonds. The second-order valence-corrected chi connectivity index (χ2v) is 3.64.